The van der Waals surface area contributed by atoms with Gasteiger partial charge in [0.25, 0.3) is 0 Å². The van der Waals surface area contributed by atoms with E-state index < -0.39 is 0 Å². The van der Waals surface area contributed by atoms with Crippen molar-refractivity contribution in [2.24, 2.45) is 5.73 Å². The number of anilines is 1. The maximum atomic E-state index is 11.5. The van der Waals surface area contributed by atoms with Crippen LogP contribution in [-0.2, 0) is 4.79 Å². The molecule has 1 atom stereocenters. The minimum absolute atomic E-state index is 0.103. The maximum absolute atomic E-state index is 11.5. The van der Waals surface area contributed by atoms with Crippen LogP contribution in [0.15, 0.2) is 18.2 Å². The van der Waals surface area contributed by atoms with Crippen LogP contribution in [0.3, 0.4) is 0 Å². The van der Waals surface area contributed by atoms with Crippen molar-refractivity contribution in [3.05, 3.63) is 29.3 Å². The number of carbonyl (C=O) groups excluding carboxylic acids is 1. The monoisotopic (exact) mass is 204 g/mol. The van der Waals surface area contributed by atoms with Crippen molar-refractivity contribution in [3.63, 3.8) is 0 Å². The summed E-state index contributed by atoms with van der Waals surface area (Å²) in [6, 6.07) is 6.21. The summed E-state index contributed by atoms with van der Waals surface area (Å²) in [7, 11) is 0. The molecule has 0 fully saturated rings. The Morgan fingerprint density at radius 2 is 2.33 bits per heavy atom. The van der Waals surface area contributed by atoms with Crippen LogP contribution in [0.2, 0.25) is 0 Å². The van der Waals surface area contributed by atoms with Gasteiger partial charge in [0, 0.05) is 12.1 Å². The number of nitrogens with two attached hydrogens (primary N) is 1. The number of nitrogens with one attached hydrogen (secondary N) is 1. The molecule has 0 radical (unpaired) electrons. The van der Waals surface area contributed by atoms with E-state index in [-0.39, 0.29) is 5.91 Å². The van der Waals surface area contributed by atoms with Gasteiger partial charge in [0.15, 0.2) is 0 Å². The van der Waals surface area contributed by atoms with Crippen molar-refractivity contribution in [3.8, 4) is 0 Å². The highest BCUT2D eigenvalue weighted by Crippen LogP contribution is 2.34. The SMILES string of the molecule is Cc1ccc2c(c1)NC(=O)CC2CCN. The summed E-state index contributed by atoms with van der Waals surface area (Å²) < 4.78 is 0. The molecule has 2 rings (SSSR count). The molecule has 3 nitrogen and oxygen atoms in total. The molecule has 0 aliphatic carbocycles. The third-order valence-electron chi connectivity index (χ3n) is 2.87. The van der Waals surface area contributed by atoms with E-state index in [4.69, 9.17) is 5.73 Å². The Morgan fingerprint density at radius 1 is 1.53 bits per heavy atom. The molecule has 1 unspecified atom stereocenters. The molecule has 0 spiro atoms. The lowest BCUT2D eigenvalue weighted by molar-refractivity contribution is -0.116. The lowest BCUT2D eigenvalue weighted by Gasteiger charge is -2.25. The number of hydrogen-bond donors (Lipinski definition) is 2. The zero-order valence-corrected chi connectivity index (χ0v) is 8.92. The normalized spacial score (nSPS) is 19.6. The summed E-state index contributed by atoms with van der Waals surface area (Å²) in [6.07, 6.45) is 1.44. The standard InChI is InChI=1S/C12H16N2O/c1-8-2-3-10-9(4-5-13)7-12(15)14-11(10)6-8/h2-3,6,9H,4-5,7,13H2,1H3,(H,14,15). The Balaban J connectivity index is 2.37. The molecule has 0 bridgehead atoms. The Kier molecular flexibility index (Phi) is 2.73. The van der Waals surface area contributed by atoms with Crippen LogP contribution < -0.4 is 11.1 Å². The Bertz CT molecular complexity index is 387. The first-order valence-electron chi connectivity index (χ1n) is 5.31. The Labute approximate surface area is 89.7 Å². The zero-order valence-electron chi connectivity index (χ0n) is 8.92. The molecule has 1 aromatic rings. The minimum Gasteiger partial charge on any atom is -0.330 e. The second-order valence-corrected chi connectivity index (χ2v) is 4.12. The van der Waals surface area contributed by atoms with Crippen molar-refractivity contribution in [1.82, 2.24) is 0 Å². The number of rotatable bonds is 2. The molecular formula is C12H16N2O. The number of fused-ring (bicyclic) bond motifs is 1. The first kappa shape index (κ1) is 10.2. The van der Waals surface area contributed by atoms with E-state index in [9.17, 15) is 4.79 Å². The van der Waals surface area contributed by atoms with Crippen LogP contribution in [-0.4, -0.2) is 12.5 Å². The Morgan fingerprint density at radius 3 is 3.07 bits per heavy atom. The highest BCUT2D eigenvalue weighted by atomic mass is 16.1. The summed E-state index contributed by atoms with van der Waals surface area (Å²) in [4.78, 5) is 11.5. The molecule has 0 aromatic heterocycles. The molecule has 3 N–H and O–H groups in total. The molecule has 1 aromatic carbocycles. The second kappa shape index (κ2) is 4.03. The lowest BCUT2D eigenvalue weighted by atomic mass is 9.87. The van der Waals surface area contributed by atoms with Crippen molar-refractivity contribution in [2.45, 2.75) is 25.7 Å². The van der Waals surface area contributed by atoms with E-state index in [2.05, 4.69) is 17.4 Å². The van der Waals surface area contributed by atoms with Crippen LogP contribution in [0.5, 0.6) is 0 Å². The third-order valence-corrected chi connectivity index (χ3v) is 2.87. The summed E-state index contributed by atoms with van der Waals surface area (Å²) >= 11 is 0. The molecule has 1 aliphatic heterocycles. The first-order valence-corrected chi connectivity index (χ1v) is 5.31. The average molecular weight is 204 g/mol. The van der Waals surface area contributed by atoms with E-state index in [1.54, 1.807) is 0 Å². The van der Waals surface area contributed by atoms with Gasteiger partial charge in [-0.1, -0.05) is 12.1 Å². The quantitative estimate of drug-likeness (QED) is 0.771. The van der Waals surface area contributed by atoms with Crippen LogP contribution in [0.1, 0.15) is 29.9 Å². The number of amides is 1. The fourth-order valence-corrected chi connectivity index (χ4v) is 2.13. The number of aryl methyl sites for hydroxylation is 1. The predicted octanol–water partition coefficient (Wildman–Crippen LogP) is 1.77. The van der Waals surface area contributed by atoms with Gasteiger partial charge in [-0.2, -0.15) is 0 Å². The molecule has 0 saturated carbocycles. The van der Waals surface area contributed by atoms with Gasteiger partial charge in [-0.15, -0.1) is 0 Å². The smallest absolute Gasteiger partial charge is 0.224 e. The van der Waals surface area contributed by atoms with Gasteiger partial charge >= 0.3 is 0 Å². The van der Waals surface area contributed by atoms with Gasteiger partial charge < -0.3 is 11.1 Å². The van der Waals surface area contributed by atoms with Crippen LogP contribution in [0, 0.1) is 6.92 Å². The van der Waals surface area contributed by atoms with Crippen LogP contribution in [0.25, 0.3) is 0 Å². The molecule has 80 valence electrons. The summed E-state index contributed by atoms with van der Waals surface area (Å²) in [5, 5.41) is 2.91. The van der Waals surface area contributed by atoms with Crippen molar-refractivity contribution in [2.75, 3.05) is 11.9 Å². The second-order valence-electron chi connectivity index (χ2n) is 4.12. The largest absolute Gasteiger partial charge is 0.330 e. The molecule has 3 heteroatoms. The number of benzene rings is 1. The third kappa shape index (κ3) is 2.02. The van der Waals surface area contributed by atoms with E-state index in [1.807, 2.05) is 13.0 Å². The van der Waals surface area contributed by atoms with Crippen molar-refractivity contribution >= 4 is 11.6 Å². The van der Waals surface area contributed by atoms with Crippen LogP contribution >= 0.6 is 0 Å². The van der Waals surface area contributed by atoms with E-state index in [0.29, 0.717) is 18.9 Å². The van der Waals surface area contributed by atoms with Gasteiger partial charge in [-0.25, -0.2) is 0 Å². The minimum atomic E-state index is 0.103. The van der Waals surface area contributed by atoms with Gasteiger partial charge in [-0.05, 0) is 43.0 Å². The predicted molar refractivity (Wildman–Crippen MR) is 60.8 cm³/mol. The Hall–Kier alpha value is -1.35. The highest BCUT2D eigenvalue weighted by molar-refractivity contribution is 5.94. The van der Waals surface area contributed by atoms with Gasteiger partial charge in [-0.3, -0.25) is 4.79 Å². The fourth-order valence-electron chi connectivity index (χ4n) is 2.13. The molecule has 1 amide bonds. The zero-order chi connectivity index (χ0) is 10.8. The van der Waals surface area contributed by atoms with E-state index in [0.717, 1.165) is 12.1 Å². The van der Waals surface area contributed by atoms with Crippen molar-refractivity contribution in [1.29, 1.82) is 0 Å². The van der Waals surface area contributed by atoms with Crippen molar-refractivity contribution < 1.29 is 4.79 Å². The fraction of sp³-hybridized carbons (Fsp3) is 0.417. The van der Waals surface area contributed by atoms with Crippen LogP contribution in [0.4, 0.5) is 5.69 Å². The topological polar surface area (TPSA) is 55.1 Å². The van der Waals surface area contributed by atoms with E-state index in [1.165, 1.54) is 11.1 Å². The summed E-state index contributed by atoms with van der Waals surface area (Å²) in [5.41, 5.74) is 8.92. The first-order chi connectivity index (χ1) is 7.20. The maximum Gasteiger partial charge on any atom is 0.224 e. The molecule has 15 heavy (non-hydrogen) atoms. The highest BCUT2D eigenvalue weighted by Gasteiger charge is 2.24. The average Bonchev–Trinajstić information content (AvgIpc) is 2.17. The van der Waals surface area contributed by atoms with Gasteiger partial charge in [0.05, 0.1) is 0 Å². The van der Waals surface area contributed by atoms with Gasteiger partial charge in [0.2, 0.25) is 5.91 Å². The molecule has 0 saturated heterocycles. The lowest BCUT2D eigenvalue weighted by Crippen LogP contribution is -2.24. The summed E-state index contributed by atoms with van der Waals surface area (Å²) in [5.74, 6) is 0.394. The molecule has 1 aliphatic rings. The number of hydrogen-bond acceptors (Lipinski definition) is 2. The summed E-state index contributed by atoms with van der Waals surface area (Å²) in [6.45, 7) is 2.66. The van der Waals surface area contributed by atoms with Gasteiger partial charge in [0.1, 0.15) is 0 Å². The molecule has 1 heterocycles. The molecular weight excluding hydrogens is 188 g/mol. The van der Waals surface area contributed by atoms with E-state index >= 15 is 0 Å². The number of carbonyl (C=O) groups is 1.